The highest BCUT2D eigenvalue weighted by Gasteiger charge is 2.36. The zero-order valence-corrected chi connectivity index (χ0v) is 19.7. The van der Waals surface area contributed by atoms with Gasteiger partial charge in [0.15, 0.2) is 12.4 Å². The third-order valence-electron chi connectivity index (χ3n) is 4.08. The first kappa shape index (κ1) is 23.0. The minimum absolute atomic E-state index is 0.134. The third-order valence-corrected chi connectivity index (χ3v) is 5.48. The molecule has 2 aromatic carbocycles. The Labute approximate surface area is 198 Å². The first-order valence-corrected chi connectivity index (χ1v) is 10.5. The number of amides is 4. The van der Waals surface area contributed by atoms with Crippen LogP contribution in [0.4, 0.5) is 10.5 Å². The SMILES string of the molecule is COC(=O)COc1c(Cl)cc(/C=C2\C(=O)NC(=O)N(c3ccc(Br)cc3)C2=O)cc1Br. The predicted molar refractivity (Wildman–Crippen MR) is 120 cm³/mol. The maximum absolute atomic E-state index is 12.9. The number of anilines is 1. The molecule has 0 saturated carbocycles. The molecule has 1 aliphatic heterocycles. The maximum Gasteiger partial charge on any atom is 0.343 e. The van der Waals surface area contributed by atoms with E-state index in [1.54, 1.807) is 30.3 Å². The summed E-state index contributed by atoms with van der Waals surface area (Å²) in [7, 11) is 1.23. The lowest BCUT2D eigenvalue weighted by Crippen LogP contribution is -2.54. The topological polar surface area (TPSA) is 102 Å². The molecule has 0 radical (unpaired) electrons. The van der Waals surface area contributed by atoms with E-state index < -0.39 is 23.8 Å². The summed E-state index contributed by atoms with van der Waals surface area (Å²) in [5.74, 6) is -2.01. The number of hydrogen-bond donors (Lipinski definition) is 1. The normalized spacial score (nSPS) is 15.2. The van der Waals surface area contributed by atoms with Crippen molar-refractivity contribution in [3.63, 3.8) is 0 Å². The number of carbonyl (C=O) groups is 4. The number of hydrogen-bond acceptors (Lipinski definition) is 6. The van der Waals surface area contributed by atoms with Gasteiger partial charge in [-0.25, -0.2) is 14.5 Å². The van der Waals surface area contributed by atoms with Crippen LogP contribution in [0, 0.1) is 0 Å². The van der Waals surface area contributed by atoms with Crippen molar-refractivity contribution in [2.24, 2.45) is 0 Å². The number of halogens is 3. The van der Waals surface area contributed by atoms with Crippen LogP contribution in [0.2, 0.25) is 5.02 Å². The van der Waals surface area contributed by atoms with Gasteiger partial charge in [-0.15, -0.1) is 0 Å². The quantitative estimate of drug-likeness (QED) is 0.329. The van der Waals surface area contributed by atoms with E-state index >= 15 is 0 Å². The van der Waals surface area contributed by atoms with Crippen LogP contribution in [-0.2, 0) is 19.1 Å². The molecule has 8 nitrogen and oxygen atoms in total. The van der Waals surface area contributed by atoms with Crippen molar-refractivity contribution in [3.05, 3.63) is 61.5 Å². The number of nitrogens with zero attached hydrogens (tertiary/aromatic N) is 1. The molecule has 31 heavy (non-hydrogen) atoms. The average Bonchev–Trinajstić information content (AvgIpc) is 2.71. The highest BCUT2D eigenvalue weighted by atomic mass is 79.9. The number of benzene rings is 2. The maximum atomic E-state index is 12.9. The van der Waals surface area contributed by atoms with Crippen LogP contribution in [0.15, 0.2) is 50.9 Å². The Morgan fingerprint density at radius 2 is 1.84 bits per heavy atom. The van der Waals surface area contributed by atoms with Gasteiger partial charge in [0.25, 0.3) is 11.8 Å². The molecule has 0 aromatic heterocycles. The molecular formula is C20H13Br2ClN2O6. The van der Waals surface area contributed by atoms with Gasteiger partial charge in [0.2, 0.25) is 0 Å². The zero-order chi connectivity index (χ0) is 22.7. The van der Waals surface area contributed by atoms with Crippen LogP contribution in [0.1, 0.15) is 5.56 Å². The van der Waals surface area contributed by atoms with E-state index in [2.05, 4.69) is 41.9 Å². The number of methoxy groups -OCH3 is 1. The molecule has 0 spiro atoms. The van der Waals surface area contributed by atoms with Crippen molar-refractivity contribution < 1.29 is 28.7 Å². The fraction of sp³-hybridized carbons (Fsp3) is 0.100. The molecule has 1 fully saturated rings. The van der Waals surface area contributed by atoms with Crippen LogP contribution in [0.5, 0.6) is 5.75 Å². The van der Waals surface area contributed by atoms with Crippen molar-refractivity contribution in [2.45, 2.75) is 0 Å². The third kappa shape index (κ3) is 5.15. The van der Waals surface area contributed by atoms with Crippen molar-refractivity contribution in [3.8, 4) is 5.75 Å². The molecule has 0 unspecified atom stereocenters. The van der Waals surface area contributed by atoms with Gasteiger partial charge in [-0.05, 0) is 64.0 Å². The summed E-state index contributed by atoms with van der Waals surface area (Å²) >= 11 is 12.8. The Morgan fingerprint density at radius 1 is 1.16 bits per heavy atom. The number of nitrogens with one attached hydrogen (secondary N) is 1. The van der Waals surface area contributed by atoms with E-state index in [4.69, 9.17) is 16.3 Å². The van der Waals surface area contributed by atoms with Gasteiger partial charge < -0.3 is 9.47 Å². The number of barbiturate groups is 1. The molecule has 2 aromatic rings. The minimum Gasteiger partial charge on any atom is -0.479 e. The van der Waals surface area contributed by atoms with Gasteiger partial charge in [0.1, 0.15) is 5.57 Å². The molecule has 0 atom stereocenters. The van der Waals surface area contributed by atoms with Crippen molar-refractivity contribution in [1.29, 1.82) is 0 Å². The number of urea groups is 1. The Balaban J connectivity index is 1.93. The van der Waals surface area contributed by atoms with Crippen LogP contribution < -0.4 is 15.0 Å². The highest BCUT2D eigenvalue weighted by molar-refractivity contribution is 9.10. The molecule has 0 bridgehead atoms. The van der Waals surface area contributed by atoms with E-state index in [1.165, 1.54) is 19.3 Å². The van der Waals surface area contributed by atoms with Crippen molar-refractivity contribution >= 4 is 79.0 Å². The summed E-state index contributed by atoms with van der Waals surface area (Å²) in [5.41, 5.74) is 0.439. The standard InChI is InChI=1S/C20H13Br2ClN2O6/c1-30-16(26)9-31-17-14(22)7-10(8-15(17)23)6-13-18(27)24-20(29)25(19(13)28)12-4-2-11(21)3-5-12/h2-8H,9H2,1H3,(H,24,27,29)/b13-6+. The molecule has 1 aliphatic rings. The summed E-state index contributed by atoms with van der Waals surface area (Å²) in [5, 5.41) is 2.28. The first-order valence-electron chi connectivity index (χ1n) is 8.57. The smallest absolute Gasteiger partial charge is 0.343 e. The largest absolute Gasteiger partial charge is 0.479 e. The second-order valence-electron chi connectivity index (χ2n) is 6.11. The second-order valence-corrected chi connectivity index (χ2v) is 8.29. The number of imide groups is 2. The molecule has 11 heteroatoms. The van der Waals surface area contributed by atoms with Gasteiger partial charge in [-0.3, -0.25) is 14.9 Å². The van der Waals surface area contributed by atoms with Crippen molar-refractivity contribution in [2.75, 3.05) is 18.6 Å². The van der Waals surface area contributed by atoms with E-state index in [-0.39, 0.29) is 23.0 Å². The van der Waals surface area contributed by atoms with Crippen LogP contribution in [0.25, 0.3) is 6.08 Å². The lowest BCUT2D eigenvalue weighted by Gasteiger charge is -2.26. The summed E-state index contributed by atoms with van der Waals surface area (Å²) in [6.07, 6.45) is 1.30. The number of esters is 1. The molecule has 1 heterocycles. The average molecular weight is 573 g/mol. The van der Waals surface area contributed by atoms with Gasteiger partial charge in [-0.1, -0.05) is 27.5 Å². The molecule has 1 saturated heterocycles. The molecule has 4 amide bonds. The van der Waals surface area contributed by atoms with E-state index in [0.29, 0.717) is 15.7 Å². The minimum atomic E-state index is -0.847. The van der Waals surface area contributed by atoms with Crippen LogP contribution in [-0.4, -0.2) is 37.5 Å². The Morgan fingerprint density at radius 3 is 2.45 bits per heavy atom. The highest BCUT2D eigenvalue weighted by Crippen LogP contribution is 2.35. The zero-order valence-electron chi connectivity index (χ0n) is 15.8. The molecule has 3 rings (SSSR count). The molecule has 160 valence electrons. The molecule has 0 aliphatic carbocycles. The lowest BCUT2D eigenvalue weighted by atomic mass is 10.1. The Bertz CT molecular complexity index is 1090. The Hall–Kier alpha value is -2.69. The number of carbonyl (C=O) groups excluding carboxylic acids is 4. The van der Waals surface area contributed by atoms with Crippen LogP contribution >= 0.6 is 43.5 Å². The van der Waals surface area contributed by atoms with E-state index in [9.17, 15) is 19.2 Å². The van der Waals surface area contributed by atoms with Crippen molar-refractivity contribution in [1.82, 2.24) is 5.32 Å². The summed E-state index contributed by atoms with van der Waals surface area (Å²) in [4.78, 5) is 49.6. The summed E-state index contributed by atoms with van der Waals surface area (Å²) in [6.45, 7) is -0.347. The predicted octanol–water partition coefficient (Wildman–Crippen LogP) is 4.08. The second kappa shape index (κ2) is 9.63. The summed E-state index contributed by atoms with van der Waals surface area (Å²) < 4.78 is 11.0. The van der Waals surface area contributed by atoms with Gasteiger partial charge in [0.05, 0.1) is 22.3 Å². The molecule has 1 N–H and O–H groups in total. The first-order chi connectivity index (χ1) is 14.7. The van der Waals surface area contributed by atoms with Crippen LogP contribution in [0.3, 0.4) is 0 Å². The van der Waals surface area contributed by atoms with E-state index in [1.807, 2.05) is 0 Å². The molecular weight excluding hydrogens is 559 g/mol. The van der Waals surface area contributed by atoms with Gasteiger partial charge >= 0.3 is 12.0 Å². The number of rotatable bonds is 5. The van der Waals surface area contributed by atoms with E-state index in [0.717, 1.165) is 9.37 Å². The lowest BCUT2D eigenvalue weighted by molar-refractivity contribution is -0.143. The fourth-order valence-electron chi connectivity index (χ4n) is 2.64. The number of ether oxygens (including phenoxy) is 2. The summed E-state index contributed by atoms with van der Waals surface area (Å²) in [6, 6.07) is 8.62. The van der Waals surface area contributed by atoms with Gasteiger partial charge in [0, 0.05) is 4.47 Å². The fourth-order valence-corrected chi connectivity index (χ4v) is 3.89. The monoisotopic (exact) mass is 570 g/mol. The van der Waals surface area contributed by atoms with Gasteiger partial charge in [-0.2, -0.15) is 0 Å². The Kier molecular flexibility index (Phi) is 7.14.